The van der Waals surface area contributed by atoms with Gasteiger partial charge in [0.05, 0.1) is 11.1 Å². The zero-order chi connectivity index (χ0) is 20.0. The minimum absolute atomic E-state index is 0.0162. The number of alkyl halides is 3. The predicted octanol–water partition coefficient (Wildman–Crippen LogP) is 3.99. The molecule has 3 rings (SSSR count). The lowest BCUT2D eigenvalue weighted by Gasteiger charge is -2.38. The van der Waals surface area contributed by atoms with Crippen molar-refractivity contribution >= 4 is 11.7 Å². The third-order valence-electron chi connectivity index (χ3n) is 5.33. The number of halogens is 3. The van der Waals surface area contributed by atoms with Gasteiger partial charge in [-0.1, -0.05) is 26.0 Å². The number of hydrogen-bond acceptors (Lipinski definition) is 3. The summed E-state index contributed by atoms with van der Waals surface area (Å²) in [5.41, 5.74) is -2.00. The summed E-state index contributed by atoms with van der Waals surface area (Å²) in [6.45, 7) is 4.20. The van der Waals surface area contributed by atoms with E-state index in [1.165, 1.54) is 17.0 Å². The number of Topliss-reactive ketones (excluding diaryl/α,β-unsaturated/α-hetero) is 1. The summed E-state index contributed by atoms with van der Waals surface area (Å²) in [4.78, 5) is 26.6. The number of likely N-dealkylation sites (tertiary alicyclic amines) is 1. The Balaban J connectivity index is 1.86. The van der Waals surface area contributed by atoms with Gasteiger partial charge in [0.1, 0.15) is 6.07 Å². The summed E-state index contributed by atoms with van der Waals surface area (Å²) in [5, 5.41) is 9.27. The fourth-order valence-corrected chi connectivity index (χ4v) is 4.17. The summed E-state index contributed by atoms with van der Waals surface area (Å²) in [5.74, 6) is -0.683. The zero-order valence-corrected chi connectivity index (χ0v) is 15.1. The van der Waals surface area contributed by atoms with Gasteiger partial charge in [-0.2, -0.15) is 18.4 Å². The Kier molecular flexibility index (Phi) is 4.41. The van der Waals surface area contributed by atoms with Gasteiger partial charge in [-0.05, 0) is 31.0 Å². The summed E-state index contributed by atoms with van der Waals surface area (Å²) in [6, 6.07) is 6.32. The summed E-state index contributed by atoms with van der Waals surface area (Å²) >= 11 is 0. The molecule has 1 amide bonds. The lowest BCUT2D eigenvalue weighted by Crippen LogP contribution is -2.40. The molecule has 27 heavy (non-hydrogen) atoms. The maximum Gasteiger partial charge on any atom is 0.416 e. The largest absolute Gasteiger partial charge is 0.416 e. The molecule has 1 aliphatic carbocycles. The van der Waals surface area contributed by atoms with Gasteiger partial charge in [0.15, 0.2) is 5.78 Å². The second kappa shape index (κ2) is 6.22. The average Bonchev–Trinajstić information content (AvgIpc) is 2.99. The van der Waals surface area contributed by atoms with E-state index < -0.39 is 28.5 Å². The average molecular weight is 376 g/mol. The molecular weight excluding hydrogens is 357 g/mol. The Morgan fingerprint density at radius 3 is 2.63 bits per heavy atom. The number of hydrogen-bond donors (Lipinski definition) is 0. The summed E-state index contributed by atoms with van der Waals surface area (Å²) < 4.78 is 38.7. The Bertz CT molecular complexity index is 880. The van der Waals surface area contributed by atoms with Gasteiger partial charge >= 0.3 is 6.18 Å². The van der Waals surface area contributed by atoms with Crippen molar-refractivity contribution in [3.63, 3.8) is 0 Å². The molecule has 1 aromatic rings. The van der Waals surface area contributed by atoms with Crippen LogP contribution in [0.4, 0.5) is 13.2 Å². The van der Waals surface area contributed by atoms with Crippen LogP contribution in [0.25, 0.3) is 0 Å². The molecule has 1 saturated heterocycles. The van der Waals surface area contributed by atoms with Crippen molar-refractivity contribution in [1.29, 1.82) is 5.26 Å². The van der Waals surface area contributed by atoms with Crippen LogP contribution in [0.1, 0.15) is 42.6 Å². The minimum Gasteiger partial charge on any atom is -0.338 e. The highest BCUT2D eigenvalue weighted by Gasteiger charge is 2.49. The van der Waals surface area contributed by atoms with Crippen LogP contribution in [-0.2, 0) is 11.0 Å². The highest BCUT2D eigenvalue weighted by molar-refractivity contribution is 6.04. The van der Waals surface area contributed by atoms with E-state index in [0.29, 0.717) is 19.4 Å². The third kappa shape index (κ3) is 3.48. The quantitative estimate of drug-likeness (QED) is 0.745. The molecule has 142 valence electrons. The fraction of sp³-hybridized carbons (Fsp3) is 0.450. The summed E-state index contributed by atoms with van der Waals surface area (Å²) in [6.07, 6.45) is -1.79. The zero-order valence-electron chi connectivity index (χ0n) is 15.1. The molecule has 0 bridgehead atoms. The van der Waals surface area contributed by atoms with Gasteiger partial charge in [-0.25, -0.2) is 0 Å². The van der Waals surface area contributed by atoms with Crippen molar-refractivity contribution in [1.82, 2.24) is 4.90 Å². The topological polar surface area (TPSA) is 61.2 Å². The number of amides is 1. The Hall–Kier alpha value is -2.62. The second-order valence-electron chi connectivity index (χ2n) is 7.98. The SMILES string of the molecule is CC1(C)C[C@@]2(C=C(C#N)C1=O)CCN(C(=O)c1cccc(C(F)(F)F)c1)C2. The Labute approximate surface area is 155 Å². The van der Waals surface area contributed by atoms with E-state index in [1.807, 2.05) is 6.07 Å². The standard InChI is InChI=1S/C20H19F3N2O2/c1-18(2)11-19(9-14(10-24)16(18)26)6-7-25(12-19)17(27)13-4-3-5-15(8-13)20(21,22)23/h3-5,8-9H,6-7,11-12H2,1-2H3/t19-/m0/s1. The molecule has 2 aliphatic rings. The molecule has 0 saturated carbocycles. The molecule has 0 aromatic heterocycles. The predicted molar refractivity (Wildman–Crippen MR) is 91.5 cm³/mol. The molecule has 0 N–H and O–H groups in total. The van der Waals surface area contributed by atoms with E-state index in [0.717, 1.165) is 12.1 Å². The lowest BCUT2D eigenvalue weighted by atomic mass is 9.64. The number of carbonyl (C=O) groups excluding carboxylic acids is 2. The van der Waals surface area contributed by atoms with Gasteiger partial charge in [0, 0.05) is 29.5 Å². The van der Waals surface area contributed by atoms with E-state index in [4.69, 9.17) is 0 Å². The van der Waals surface area contributed by atoms with Crippen LogP contribution in [0.3, 0.4) is 0 Å². The van der Waals surface area contributed by atoms with Crippen molar-refractivity contribution in [3.05, 3.63) is 47.0 Å². The van der Waals surface area contributed by atoms with Crippen LogP contribution in [0.15, 0.2) is 35.9 Å². The van der Waals surface area contributed by atoms with Crippen LogP contribution in [-0.4, -0.2) is 29.7 Å². The molecule has 1 aromatic carbocycles. The van der Waals surface area contributed by atoms with Gasteiger partial charge in [-0.3, -0.25) is 9.59 Å². The molecule has 1 fully saturated rings. The molecule has 4 nitrogen and oxygen atoms in total. The molecule has 1 heterocycles. The van der Waals surface area contributed by atoms with Crippen LogP contribution >= 0.6 is 0 Å². The maximum atomic E-state index is 12.9. The van der Waals surface area contributed by atoms with E-state index in [2.05, 4.69) is 0 Å². The highest BCUT2D eigenvalue weighted by atomic mass is 19.4. The lowest BCUT2D eigenvalue weighted by molar-refractivity contribution is -0.137. The third-order valence-corrected chi connectivity index (χ3v) is 5.33. The smallest absolute Gasteiger partial charge is 0.338 e. The van der Waals surface area contributed by atoms with Crippen molar-refractivity contribution < 1.29 is 22.8 Å². The number of rotatable bonds is 1. The van der Waals surface area contributed by atoms with Crippen LogP contribution in [0, 0.1) is 22.2 Å². The Morgan fingerprint density at radius 1 is 1.30 bits per heavy atom. The molecule has 0 radical (unpaired) electrons. The molecule has 0 unspecified atom stereocenters. The first-order chi connectivity index (χ1) is 12.5. The van der Waals surface area contributed by atoms with E-state index >= 15 is 0 Å². The summed E-state index contributed by atoms with van der Waals surface area (Å²) in [7, 11) is 0. The number of benzene rings is 1. The number of carbonyl (C=O) groups is 2. The molecular formula is C20H19F3N2O2. The minimum atomic E-state index is -4.51. The van der Waals surface area contributed by atoms with E-state index in [-0.39, 0.29) is 23.5 Å². The van der Waals surface area contributed by atoms with Gasteiger partial charge in [0.25, 0.3) is 5.91 Å². The van der Waals surface area contributed by atoms with Crippen molar-refractivity contribution in [3.8, 4) is 6.07 Å². The molecule has 1 spiro atoms. The Morgan fingerprint density at radius 2 is 2.00 bits per heavy atom. The van der Waals surface area contributed by atoms with Crippen molar-refractivity contribution in [2.75, 3.05) is 13.1 Å². The number of nitrogens with zero attached hydrogens (tertiary/aromatic N) is 2. The molecule has 1 aliphatic heterocycles. The molecule has 7 heteroatoms. The number of nitriles is 1. The van der Waals surface area contributed by atoms with Gasteiger partial charge in [0.2, 0.25) is 0 Å². The number of ketones is 1. The monoisotopic (exact) mass is 376 g/mol. The molecule has 1 atom stereocenters. The second-order valence-corrected chi connectivity index (χ2v) is 7.98. The van der Waals surface area contributed by atoms with Gasteiger partial charge in [-0.15, -0.1) is 0 Å². The first kappa shape index (κ1) is 19.2. The van der Waals surface area contributed by atoms with E-state index in [1.54, 1.807) is 19.9 Å². The normalized spacial score (nSPS) is 24.7. The first-order valence-corrected chi connectivity index (χ1v) is 8.62. The number of allylic oxidation sites excluding steroid dienone is 1. The van der Waals surface area contributed by atoms with E-state index in [9.17, 15) is 28.0 Å². The van der Waals surface area contributed by atoms with Crippen molar-refractivity contribution in [2.45, 2.75) is 32.9 Å². The van der Waals surface area contributed by atoms with Crippen LogP contribution in [0.2, 0.25) is 0 Å². The van der Waals surface area contributed by atoms with Crippen molar-refractivity contribution in [2.24, 2.45) is 10.8 Å². The fourth-order valence-electron chi connectivity index (χ4n) is 4.17. The highest BCUT2D eigenvalue weighted by Crippen LogP contribution is 2.48. The van der Waals surface area contributed by atoms with Gasteiger partial charge < -0.3 is 4.90 Å². The maximum absolute atomic E-state index is 12.9. The van der Waals surface area contributed by atoms with Crippen LogP contribution in [0.5, 0.6) is 0 Å². The first-order valence-electron chi connectivity index (χ1n) is 8.62. The van der Waals surface area contributed by atoms with Crippen LogP contribution < -0.4 is 0 Å².